The van der Waals surface area contributed by atoms with Gasteiger partial charge in [-0.15, -0.1) is 5.11 Å². The smallest absolute Gasteiger partial charge is 0.410 e. The minimum Gasteiger partial charge on any atom is -0.481 e. The van der Waals surface area contributed by atoms with Crippen LogP contribution in [-0.2, 0) is 23.9 Å². The van der Waals surface area contributed by atoms with Crippen molar-refractivity contribution in [3.8, 4) is 0 Å². The summed E-state index contributed by atoms with van der Waals surface area (Å²) in [7, 11) is 0. The second-order valence-corrected chi connectivity index (χ2v) is 49.1. The van der Waals surface area contributed by atoms with Crippen molar-refractivity contribution in [1.82, 2.24) is 15.1 Å². The minimum atomic E-state index is -0.702. The molecule has 4 aliphatic heterocycles. The number of amidine groups is 1. The van der Waals surface area contributed by atoms with Crippen LogP contribution in [0.3, 0.4) is 0 Å². The van der Waals surface area contributed by atoms with E-state index in [1.54, 1.807) is 6.92 Å². The van der Waals surface area contributed by atoms with Crippen LogP contribution in [0.4, 0.5) is 9.59 Å². The number of carbonyl (C=O) groups is 5. The van der Waals surface area contributed by atoms with E-state index in [-0.39, 0.29) is 51.5 Å². The van der Waals surface area contributed by atoms with Gasteiger partial charge in [0.25, 0.3) is 0 Å². The average Bonchev–Trinajstić information content (AvgIpc) is 0.976. The molecule has 14 heteroatoms. The van der Waals surface area contributed by atoms with Gasteiger partial charge in [-0.2, -0.15) is 5.11 Å². The Bertz CT molecular complexity index is 2640. The molecule has 1 aliphatic carbocycles. The van der Waals surface area contributed by atoms with Crippen molar-refractivity contribution in [3.63, 3.8) is 0 Å². The Kier molecular flexibility index (Phi) is 51.6. The molecule has 0 aromatic rings. The number of aliphatic imine (C=N–C) groups is 1. The number of aliphatic carboxylic acids is 1. The quantitative estimate of drug-likeness (QED) is 0.227. The molecule has 0 radical (unpaired) electrons. The maximum atomic E-state index is 12.2. The van der Waals surface area contributed by atoms with Crippen LogP contribution >= 0.6 is 0 Å². The van der Waals surface area contributed by atoms with Crippen LogP contribution in [0.15, 0.2) is 15.2 Å². The van der Waals surface area contributed by atoms with Gasteiger partial charge in [-0.05, 0) is 209 Å². The Morgan fingerprint density at radius 3 is 1.07 bits per heavy atom. The van der Waals surface area contributed by atoms with Gasteiger partial charge in [-0.1, -0.05) is 316 Å². The van der Waals surface area contributed by atoms with E-state index >= 15 is 0 Å². The molecule has 3 saturated heterocycles. The lowest BCUT2D eigenvalue weighted by Crippen LogP contribution is -2.51. The molecule has 0 aromatic carbocycles. The lowest BCUT2D eigenvalue weighted by molar-refractivity contribution is -0.138. The third kappa shape index (κ3) is 55.9. The summed E-state index contributed by atoms with van der Waals surface area (Å²) in [5.41, 5.74) is 3.14. The molecular weight excluding hydrogens is 1400 g/mol. The van der Waals surface area contributed by atoms with E-state index in [0.717, 1.165) is 82.4 Å². The van der Waals surface area contributed by atoms with Crippen molar-refractivity contribution in [3.05, 3.63) is 0 Å². The number of carbonyl (C=O) groups excluding carboxylic acids is 4. The second kappa shape index (κ2) is 49.3. The highest BCUT2D eigenvalue weighted by Crippen LogP contribution is 2.45. The van der Waals surface area contributed by atoms with Crippen LogP contribution in [-0.4, -0.2) is 107 Å². The summed E-state index contributed by atoms with van der Waals surface area (Å²) in [5.74, 6) is 2.50. The molecule has 2 atom stereocenters. The number of Topliss-reactive ketones (excluding diaryl/α,β-unsaturated/α-hetero) is 2. The molecule has 4 fully saturated rings. The number of rotatable bonds is 9. The third-order valence-corrected chi connectivity index (χ3v) is 25.6. The predicted octanol–water partition coefficient (Wildman–Crippen LogP) is 30.4. The lowest BCUT2D eigenvalue weighted by atomic mass is 9.67. The van der Waals surface area contributed by atoms with Gasteiger partial charge in [0.2, 0.25) is 0 Å². The average molecular weight is 1600 g/mol. The first-order valence-corrected chi connectivity index (χ1v) is 44.8. The normalized spacial score (nSPS) is 18.1. The Labute approximate surface area is 705 Å². The van der Waals surface area contributed by atoms with E-state index in [1.165, 1.54) is 77.2 Å². The SMILES string of the molecule is CC(=O)C(C)(C)C.CC(C)(C)C(C)(C)C.CC(C)(C)C(C)(C)CCC(=O)O.CC(C)(C)C(C)(C)CCC1=NCN=N1.CC(C)(C)C1CCCCC1.CC(C)(C)C1CCCCN1.CC(C)(C)OC(=O)N1CCC(C(C)(C)C)CC1.CC(C)(C)OC(=O)N1CCCCC1C(C)(C)C.CCC(=O)C(C)(C)C.CCCC(C)(C)C(C)(C)C. The van der Waals surface area contributed by atoms with Gasteiger partial charge in [-0.25, -0.2) is 14.6 Å². The summed E-state index contributed by atoms with van der Waals surface area (Å²) >= 11 is 0. The number of nitrogens with one attached hydrogen (secondary N) is 1. The van der Waals surface area contributed by atoms with Gasteiger partial charge < -0.3 is 29.7 Å². The van der Waals surface area contributed by atoms with Gasteiger partial charge >= 0.3 is 18.2 Å². The number of carboxylic acid groups (broad SMARTS) is 1. The minimum absolute atomic E-state index is 0.0887. The fraction of sp³-hybridized carbons (Fsp3) is 0.939. The molecule has 2 N–H and O–H groups in total. The van der Waals surface area contributed by atoms with Crippen molar-refractivity contribution in [2.75, 3.05) is 32.8 Å². The van der Waals surface area contributed by atoms with E-state index in [2.05, 4.69) is 256 Å². The van der Waals surface area contributed by atoms with Crippen LogP contribution in [0.1, 0.15) is 461 Å². The zero-order valence-corrected chi connectivity index (χ0v) is 85.0. The Morgan fingerprint density at radius 2 is 0.805 bits per heavy atom. The van der Waals surface area contributed by atoms with Crippen LogP contribution in [0.2, 0.25) is 0 Å². The highest BCUT2D eigenvalue weighted by molar-refractivity contribution is 5.83. The molecule has 5 rings (SSSR count). The summed E-state index contributed by atoms with van der Waals surface area (Å²) in [6, 6.07) is 1.05. The Morgan fingerprint density at radius 1 is 0.425 bits per heavy atom. The maximum absolute atomic E-state index is 12.2. The topological polar surface area (TPSA) is 180 Å². The number of ether oxygens (including phenoxy) is 2. The van der Waals surface area contributed by atoms with Gasteiger partial charge in [0.05, 0.1) is 0 Å². The molecule has 0 spiro atoms. The molecule has 2 unspecified atom stereocenters. The number of carboxylic acids is 1. The number of amides is 2. The Hall–Kier alpha value is -3.42. The lowest BCUT2D eigenvalue weighted by Gasteiger charge is -2.43. The molecule has 2 amide bonds. The summed E-state index contributed by atoms with van der Waals surface area (Å²) in [6.07, 6.45) is 23.1. The largest absolute Gasteiger partial charge is 0.481 e. The summed E-state index contributed by atoms with van der Waals surface area (Å²) < 4.78 is 10.9. The first-order chi connectivity index (χ1) is 49.9. The van der Waals surface area contributed by atoms with E-state index < -0.39 is 17.2 Å². The first kappa shape index (κ1) is 118. The van der Waals surface area contributed by atoms with Gasteiger partial charge in [0.1, 0.15) is 28.6 Å². The zero-order valence-electron chi connectivity index (χ0n) is 85.0. The summed E-state index contributed by atoms with van der Waals surface area (Å²) in [4.78, 5) is 63.7. The van der Waals surface area contributed by atoms with E-state index in [0.29, 0.717) is 79.6 Å². The number of piperidine rings is 3. The second-order valence-electron chi connectivity index (χ2n) is 49.1. The molecule has 1 saturated carbocycles. The number of azo groups is 1. The molecule has 0 bridgehead atoms. The fourth-order valence-corrected chi connectivity index (χ4v) is 11.7. The molecule has 5 aliphatic rings. The van der Waals surface area contributed by atoms with Crippen LogP contribution in [0, 0.1) is 87.6 Å². The van der Waals surface area contributed by atoms with Crippen molar-refractivity contribution >= 4 is 35.6 Å². The molecule has 0 aromatic heterocycles. The monoisotopic (exact) mass is 1600 g/mol. The highest BCUT2D eigenvalue weighted by atomic mass is 16.6. The number of hydrogen-bond acceptors (Lipinski definition) is 11. The standard InChI is InChI=1S/2C14H27NO2.C11H21N3.C10H20O2.C10H20.C10H22.C9H19N.C8H18.C7H14O.C6H12O/c1-13(2,3)11-7-9-15(10-8-11)12(16)17-14(4,5)6;1-13(2,3)11-9-7-8-10-15(11)12(16)17-14(4,5)6;1-10(2,3)11(4,5)7-6-9-12-8-13-14-9;1-9(2,3)10(4,5)7-6-8(11)12;1-10(2,3)9-7-5-4-6-8-9;1-7-8-10(5,6)9(2,3)4;1-9(2,3)8-6-4-5-7-10-8;1-7(2,3)8(4,5)6;1-5-6(8)7(2,3)4;1-5(7)6(2,3)4/h2*11H,7-10H2,1-6H3;6-8H2,1-5H3;6-7H2,1-5H3,(H,11,12);9H,4-8H2,1-3H3;7-8H2,1-6H3;8,10H,4-7H2,1-3H3;1-6H3;5H2,1-4H3;1-4H3. The van der Waals surface area contributed by atoms with Crippen molar-refractivity contribution in [2.45, 2.75) is 484 Å². The summed E-state index contributed by atoms with van der Waals surface area (Å²) in [5, 5.41) is 19.9. The number of likely N-dealkylation sites (tertiary alicyclic amines) is 2. The summed E-state index contributed by atoms with van der Waals surface area (Å²) in [6.45, 7) is 108. The highest BCUT2D eigenvalue weighted by Gasteiger charge is 2.39. The number of ketones is 2. The van der Waals surface area contributed by atoms with E-state index in [4.69, 9.17) is 14.6 Å². The number of nitrogens with zero attached hydrogens (tertiary/aromatic N) is 5. The molecule has 113 heavy (non-hydrogen) atoms. The van der Waals surface area contributed by atoms with Crippen LogP contribution in [0.5, 0.6) is 0 Å². The number of hydrogen-bond donors (Lipinski definition) is 2. The molecule has 14 nitrogen and oxygen atoms in total. The van der Waals surface area contributed by atoms with E-state index in [9.17, 15) is 24.0 Å². The van der Waals surface area contributed by atoms with Crippen molar-refractivity contribution in [1.29, 1.82) is 0 Å². The van der Waals surface area contributed by atoms with Crippen LogP contribution in [0.25, 0.3) is 0 Å². The van der Waals surface area contributed by atoms with Crippen molar-refractivity contribution in [2.24, 2.45) is 103 Å². The first-order valence-electron chi connectivity index (χ1n) is 44.8. The van der Waals surface area contributed by atoms with Gasteiger partial charge in [0, 0.05) is 61.8 Å². The molecule has 4 heterocycles. The maximum Gasteiger partial charge on any atom is 0.410 e. The van der Waals surface area contributed by atoms with Gasteiger partial charge in [-0.3, -0.25) is 14.4 Å². The fourth-order valence-electron chi connectivity index (χ4n) is 11.7. The van der Waals surface area contributed by atoms with Crippen molar-refractivity contribution < 1.29 is 38.6 Å². The van der Waals surface area contributed by atoms with Gasteiger partial charge in [0.15, 0.2) is 6.67 Å². The molecule has 674 valence electrons. The zero-order chi connectivity index (χ0) is 90.8. The third-order valence-electron chi connectivity index (χ3n) is 25.6. The van der Waals surface area contributed by atoms with Crippen LogP contribution < -0.4 is 5.32 Å². The Balaban J connectivity index is -0.000000387. The van der Waals surface area contributed by atoms with E-state index in [1.807, 2.05) is 99.8 Å². The molecular formula is C99H200N6O8. The predicted molar refractivity (Wildman–Crippen MR) is 493 cm³/mol.